The Hall–Kier alpha value is -2.54. The normalized spacial score (nSPS) is 17.0. The van der Waals surface area contributed by atoms with Gasteiger partial charge in [-0.3, -0.25) is 4.79 Å². The second-order valence-electron chi connectivity index (χ2n) is 7.14. The number of halogens is 1. The van der Waals surface area contributed by atoms with Crippen LogP contribution in [0.1, 0.15) is 23.2 Å². The molecule has 1 saturated heterocycles. The number of ether oxygens (including phenoxy) is 1. The van der Waals surface area contributed by atoms with Gasteiger partial charge in [0, 0.05) is 38.4 Å². The molecule has 0 bridgehead atoms. The minimum atomic E-state index is -0.400. The van der Waals surface area contributed by atoms with E-state index in [1.165, 1.54) is 12.3 Å². The molecule has 1 amide bonds. The van der Waals surface area contributed by atoms with Gasteiger partial charge < -0.3 is 14.5 Å². The quantitative estimate of drug-likeness (QED) is 0.810. The molecule has 1 aliphatic carbocycles. The summed E-state index contributed by atoms with van der Waals surface area (Å²) in [6, 6.07) is 6.41. The molecule has 1 aromatic heterocycles. The molecule has 1 aliphatic heterocycles. The Morgan fingerprint density at radius 2 is 2.04 bits per heavy atom. The fourth-order valence-electron chi connectivity index (χ4n) is 3.28. The van der Waals surface area contributed by atoms with Crippen LogP contribution in [-0.2, 0) is 4.74 Å². The van der Waals surface area contributed by atoms with Crippen LogP contribution in [0.2, 0.25) is 0 Å². The molecular formula is C20H23FN4O2. The van der Waals surface area contributed by atoms with Crippen LogP contribution in [0.5, 0.6) is 0 Å². The number of hydrogen-bond donors (Lipinski definition) is 0. The van der Waals surface area contributed by atoms with E-state index >= 15 is 0 Å². The molecule has 2 aromatic rings. The number of morpholine rings is 1. The maximum atomic E-state index is 14.5. The predicted molar refractivity (Wildman–Crippen MR) is 100 cm³/mol. The van der Waals surface area contributed by atoms with Gasteiger partial charge in [-0.2, -0.15) is 0 Å². The van der Waals surface area contributed by atoms with E-state index in [-0.39, 0.29) is 5.91 Å². The molecule has 4 rings (SSSR count). The van der Waals surface area contributed by atoms with Crippen molar-refractivity contribution < 1.29 is 13.9 Å². The van der Waals surface area contributed by atoms with Gasteiger partial charge in [-0.05, 0) is 30.9 Å². The number of rotatable bonds is 5. The molecule has 142 valence electrons. The first-order valence-corrected chi connectivity index (χ1v) is 9.33. The monoisotopic (exact) mass is 370 g/mol. The van der Waals surface area contributed by atoms with Crippen LogP contribution in [0.15, 0.2) is 30.5 Å². The predicted octanol–water partition coefficient (Wildman–Crippen LogP) is 2.60. The van der Waals surface area contributed by atoms with Crippen molar-refractivity contribution in [1.82, 2.24) is 14.9 Å². The van der Waals surface area contributed by atoms with Gasteiger partial charge in [-0.25, -0.2) is 14.4 Å². The number of aromatic nitrogens is 2. The van der Waals surface area contributed by atoms with E-state index in [0.717, 1.165) is 12.8 Å². The lowest BCUT2D eigenvalue weighted by Crippen LogP contribution is -2.37. The van der Waals surface area contributed by atoms with Crippen molar-refractivity contribution in [2.24, 2.45) is 5.92 Å². The molecule has 0 unspecified atom stereocenters. The average molecular weight is 370 g/mol. The van der Waals surface area contributed by atoms with Crippen LogP contribution in [0, 0.1) is 11.7 Å². The van der Waals surface area contributed by atoms with E-state index in [0.29, 0.717) is 61.5 Å². The molecule has 7 heteroatoms. The Kier molecular flexibility index (Phi) is 5.03. The lowest BCUT2D eigenvalue weighted by molar-refractivity contribution is 0.0788. The smallest absolute Gasteiger partial charge is 0.257 e. The van der Waals surface area contributed by atoms with Crippen molar-refractivity contribution in [2.75, 3.05) is 44.8 Å². The molecule has 0 radical (unpaired) electrons. The van der Waals surface area contributed by atoms with E-state index in [1.807, 2.05) is 4.90 Å². The van der Waals surface area contributed by atoms with Crippen molar-refractivity contribution in [3.05, 3.63) is 41.8 Å². The SMILES string of the molecule is CN(CC1CC1)C(=O)c1cnc(N2CCOCC2)nc1-c1ccccc1F. The Labute approximate surface area is 158 Å². The van der Waals surface area contributed by atoms with E-state index in [9.17, 15) is 9.18 Å². The summed E-state index contributed by atoms with van der Waals surface area (Å²) in [6.45, 7) is 3.25. The first kappa shape index (κ1) is 17.9. The second kappa shape index (κ2) is 7.60. The average Bonchev–Trinajstić information content (AvgIpc) is 3.52. The molecule has 0 N–H and O–H groups in total. The van der Waals surface area contributed by atoms with Crippen molar-refractivity contribution in [1.29, 1.82) is 0 Å². The number of hydrogen-bond acceptors (Lipinski definition) is 5. The van der Waals surface area contributed by atoms with Crippen LogP contribution in [0.25, 0.3) is 11.3 Å². The highest BCUT2D eigenvalue weighted by Crippen LogP contribution is 2.31. The standard InChI is InChI=1S/C20H23FN4O2/c1-24(13-14-6-7-14)19(26)16-12-22-20(25-8-10-27-11-9-25)23-18(16)15-4-2-3-5-17(15)21/h2-5,12,14H,6-11,13H2,1H3. The maximum absolute atomic E-state index is 14.5. The van der Waals surface area contributed by atoms with Gasteiger partial charge in [0.1, 0.15) is 5.82 Å². The highest BCUT2D eigenvalue weighted by Gasteiger charge is 2.28. The second-order valence-corrected chi connectivity index (χ2v) is 7.14. The third kappa shape index (κ3) is 3.93. The minimum Gasteiger partial charge on any atom is -0.378 e. The Morgan fingerprint density at radius 3 is 2.74 bits per heavy atom. The topological polar surface area (TPSA) is 58.6 Å². The van der Waals surface area contributed by atoms with Crippen molar-refractivity contribution >= 4 is 11.9 Å². The summed E-state index contributed by atoms with van der Waals surface area (Å²) in [5.41, 5.74) is 0.995. The Morgan fingerprint density at radius 1 is 1.30 bits per heavy atom. The zero-order valence-electron chi connectivity index (χ0n) is 15.4. The highest BCUT2D eigenvalue weighted by atomic mass is 19.1. The third-order valence-corrected chi connectivity index (χ3v) is 5.01. The lowest BCUT2D eigenvalue weighted by Gasteiger charge is -2.27. The molecule has 1 saturated carbocycles. The number of benzene rings is 1. The number of carbonyl (C=O) groups is 1. The fourth-order valence-corrected chi connectivity index (χ4v) is 3.28. The molecule has 6 nitrogen and oxygen atoms in total. The van der Waals surface area contributed by atoms with Crippen LogP contribution in [0.3, 0.4) is 0 Å². The maximum Gasteiger partial charge on any atom is 0.257 e. The number of carbonyl (C=O) groups excluding carboxylic acids is 1. The molecule has 2 aliphatic rings. The van der Waals surface area contributed by atoms with Gasteiger partial charge in [-0.15, -0.1) is 0 Å². The summed E-state index contributed by atoms with van der Waals surface area (Å²) in [5, 5.41) is 0. The van der Waals surface area contributed by atoms with Crippen molar-refractivity contribution in [3.8, 4) is 11.3 Å². The van der Waals surface area contributed by atoms with Gasteiger partial charge >= 0.3 is 0 Å². The van der Waals surface area contributed by atoms with Gasteiger partial charge in [-0.1, -0.05) is 12.1 Å². The van der Waals surface area contributed by atoms with Crippen LogP contribution < -0.4 is 4.90 Å². The lowest BCUT2D eigenvalue weighted by atomic mass is 10.1. The zero-order valence-corrected chi connectivity index (χ0v) is 15.4. The largest absolute Gasteiger partial charge is 0.378 e. The third-order valence-electron chi connectivity index (χ3n) is 5.01. The summed E-state index contributed by atoms with van der Waals surface area (Å²) in [6.07, 6.45) is 3.85. The molecule has 2 fully saturated rings. The molecule has 0 atom stereocenters. The van der Waals surface area contributed by atoms with Crippen LogP contribution >= 0.6 is 0 Å². The van der Waals surface area contributed by atoms with Gasteiger partial charge in [0.15, 0.2) is 0 Å². The van der Waals surface area contributed by atoms with Crippen molar-refractivity contribution in [3.63, 3.8) is 0 Å². The van der Waals surface area contributed by atoms with E-state index < -0.39 is 5.82 Å². The van der Waals surface area contributed by atoms with Gasteiger partial charge in [0.05, 0.1) is 24.5 Å². The molecular weight excluding hydrogens is 347 g/mol. The zero-order chi connectivity index (χ0) is 18.8. The Bertz CT molecular complexity index is 834. The van der Waals surface area contributed by atoms with Crippen molar-refractivity contribution in [2.45, 2.75) is 12.8 Å². The first-order chi connectivity index (χ1) is 13.1. The van der Waals surface area contributed by atoms with Gasteiger partial charge in [0.2, 0.25) is 5.95 Å². The summed E-state index contributed by atoms with van der Waals surface area (Å²) in [4.78, 5) is 25.7. The summed E-state index contributed by atoms with van der Waals surface area (Å²) in [5.74, 6) is 0.499. The molecule has 27 heavy (non-hydrogen) atoms. The number of amides is 1. The number of anilines is 1. The first-order valence-electron chi connectivity index (χ1n) is 9.33. The number of nitrogens with zero attached hydrogens (tertiary/aromatic N) is 4. The van der Waals surface area contributed by atoms with Crippen LogP contribution in [0.4, 0.5) is 10.3 Å². The fraction of sp³-hybridized carbons (Fsp3) is 0.450. The summed E-state index contributed by atoms with van der Waals surface area (Å²) < 4.78 is 19.9. The van der Waals surface area contributed by atoms with E-state index in [4.69, 9.17) is 4.74 Å². The summed E-state index contributed by atoms with van der Waals surface area (Å²) >= 11 is 0. The molecule has 0 spiro atoms. The highest BCUT2D eigenvalue weighted by molar-refractivity contribution is 5.99. The van der Waals surface area contributed by atoms with E-state index in [2.05, 4.69) is 9.97 Å². The van der Waals surface area contributed by atoms with E-state index in [1.54, 1.807) is 30.1 Å². The van der Waals surface area contributed by atoms with Gasteiger partial charge in [0.25, 0.3) is 5.91 Å². The molecule has 2 heterocycles. The Balaban J connectivity index is 1.72. The van der Waals surface area contributed by atoms with Crippen LogP contribution in [-0.4, -0.2) is 60.7 Å². The molecule has 1 aromatic carbocycles. The summed E-state index contributed by atoms with van der Waals surface area (Å²) in [7, 11) is 1.78. The minimum absolute atomic E-state index is 0.173.